The van der Waals surface area contributed by atoms with Crippen molar-refractivity contribution in [3.8, 4) is 0 Å². The molecule has 0 aromatic heterocycles. The first-order valence-electron chi connectivity index (χ1n) is 1.60. The fraction of sp³-hybridized carbons (Fsp3) is 1.00. The Morgan fingerprint density at radius 1 is 1.60 bits per heavy atom. The number of hydrogen-bond acceptors (Lipinski definition) is 2. The van der Waals surface area contributed by atoms with Gasteiger partial charge in [-0.15, -0.1) is 0 Å². The Kier molecular flexibility index (Phi) is 1.29. The average molecular weight is 137 g/mol. The summed E-state index contributed by atoms with van der Waals surface area (Å²) in [7, 11) is 0. The van der Waals surface area contributed by atoms with E-state index in [1.165, 1.54) is 11.9 Å². The summed E-state index contributed by atoms with van der Waals surface area (Å²) in [4.78, 5) is 0. The Morgan fingerprint density at radius 3 is 2.80 bits per heavy atom. The van der Waals surface area contributed by atoms with E-state index in [1.807, 2.05) is 0 Å². The molecule has 0 aliphatic carbocycles. The molecule has 0 amide bonds. The van der Waals surface area contributed by atoms with Gasteiger partial charge in [0.2, 0.25) is 0 Å². The van der Waals surface area contributed by atoms with Gasteiger partial charge >= 0.3 is 36.9 Å². The summed E-state index contributed by atoms with van der Waals surface area (Å²) in [6, 6.07) is 0. The molecule has 1 saturated heterocycles. The van der Waals surface area contributed by atoms with Crippen molar-refractivity contribution < 1.29 is 0 Å². The summed E-state index contributed by atoms with van der Waals surface area (Å²) in [6.45, 7) is 1.17. The first-order valence-corrected chi connectivity index (χ1v) is 3.66. The van der Waals surface area contributed by atoms with Crippen LogP contribution in [-0.4, -0.2) is 21.7 Å². The minimum atomic E-state index is 0.708. The molecule has 3 heteroatoms. The van der Waals surface area contributed by atoms with E-state index in [1.54, 1.807) is 0 Å². The van der Waals surface area contributed by atoms with Crippen molar-refractivity contribution in [2.75, 3.05) is 6.54 Å². The third-order valence-corrected chi connectivity index (χ3v) is 1.94. The van der Waals surface area contributed by atoms with E-state index in [-0.39, 0.29) is 0 Å². The van der Waals surface area contributed by atoms with Crippen LogP contribution in [-0.2, 0) is 0 Å². The quantitative estimate of drug-likeness (QED) is 0.424. The molecular weight excluding hydrogens is 131 g/mol. The zero-order chi connectivity index (χ0) is 3.54. The zero-order valence-electron chi connectivity index (χ0n) is 2.82. The maximum absolute atomic E-state index is 3.03. The van der Waals surface area contributed by atoms with Gasteiger partial charge in [0.1, 0.15) is 0 Å². The number of hydrogen-bond donors (Lipinski definition) is 2. The molecule has 1 rings (SSSR count). The van der Waals surface area contributed by atoms with Crippen molar-refractivity contribution >= 4 is 15.2 Å². The molecular formula is C2H6N2Se. The van der Waals surface area contributed by atoms with Gasteiger partial charge in [-0.3, -0.25) is 0 Å². The normalized spacial score (nSPS) is 24.0. The van der Waals surface area contributed by atoms with E-state index in [4.69, 9.17) is 0 Å². The van der Waals surface area contributed by atoms with Gasteiger partial charge in [-0.25, -0.2) is 0 Å². The van der Waals surface area contributed by atoms with Gasteiger partial charge in [-0.05, 0) is 0 Å². The fourth-order valence-electron chi connectivity index (χ4n) is 0.255. The van der Waals surface area contributed by atoms with E-state index in [0.29, 0.717) is 15.2 Å². The molecule has 30 valence electrons. The first-order chi connectivity index (χ1) is 2.50. The molecule has 0 bridgehead atoms. The van der Waals surface area contributed by atoms with Crippen LogP contribution in [0.3, 0.4) is 0 Å². The Hall–Kier alpha value is 0.439. The van der Waals surface area contributed by atoms with Crippen LogP contribution in [0.4, 0.5) is 0 Å². The van der Waals surface area contributed by atoms with Crippen LogP contribution in [0, 0.1) is 0 Å². The van der Waals surface area contributed by atoms with E-state index in [0.717, 1.165) is 0 Å². The van der Waals surface area contributed by atoms with Crippen LogP contribution in [0.25, 0.3) is 0 Å². The molecule has 0 radical (unpaired) electrons. The van der Waals surface area contributed by atoms with Crippen molar-refractivity contribution in [1.82, 2.24) is 9.87 Å². The van der Waals surface area contributed by atoms with Gasteiger partial charge in [0.15, 0.2) is 0 Å². The third kappa shape index (κ3) is 0.893. The summed E-state index contributed by atoms with van der Waals surface area (Å²) < 4.78 is 3.03. The predicted octanol–water partition coefficient (Wildman–Crippen LogP) is -0.868. The summed E-state index contributed by atoms with van der Waals surface area (Å²) >= 11 is 0.708. The maximum atomic E-state index is 3.03. The summed E-state index contributed by atoms with van der Waals surface area (Å²) in [5.41, 5.74) is 3.00. The predicted molar refractivity (Wildman–Crippen MR) is 21.7 cm³/mol. The van der Waals surface area contributed by atoms with Gasteiger partial charge in [0.25, 0.3) is 0 Å². The van der Waals surface area contributed by atoms with Crippen molar-refractivity contribution in [1.29, 1.82) is 0 Å². The molecule has 0 aromatic rings. The monoisotopic (exact) mass is 138 g/mol. The first kappa shape index (κ1) is 3.62. The Balaban J connectivity index is 2.08. The molecule has 0 aromatic carbocycles. The second kappa shape index (κ2) is 1.78. The van der Waals surface area contributed by atoms with Gasteiger partial charge < -0.3 is 0 Å². The van der Waals surface area contributed by atoms with Crippen LogP contribution in [0.5, 0.6) is 0 Å². The SMILES string of the molecule is C1C[Se]NN1. The summed E-state index contributed by atoms with van der Waals surface area (Å²) in [5, 5.41) is 1.34. The van der Waals surface area contributed by atoms with Crippen LogP contribution < -0.4 is 9.87 Å². The molecule has 1 heterocycles. The number of rotatable bonds is 0. The standard InChI is InChI=1S/C2H6N2Se/c1-2-5-4-3-1/h3-4H,1-2H2. The van der Waals surface area contributed by atoms with E-state index in [2.05, 4.69) is 9.87 Å². The van der Waals surface area contributed by atoms with Crippen LogP contribution >= 0.6 is 0 Å². The Bertz CT molecular complexity index is 19.2. The molecule has 0 saturated carbocycles. The van der Waals surface area contributed by atoms with Crippen molar-refractivity contribution in [2.45, 2.75) is 5.32 Å². The number of hydrazine groups is 1. The van der Waals surface area contributed by atoms with Crippen LogP contribution in [0.15, 0.2) is 0 Å². The zero-order valence-corrected chi connectivity index (χ0v) is 4.54. The molecule has 1 aliphatic heterocycles. The van der Waals surface area contributed by atoms with Crippen molar-refractivity contribution in [3.05, 3.63) is 0 Å². The molecule has 1 aliphatic rings. The van der Waals surface area contributed by atoms with Crippen molar-refractivity contribution in [2.24, 2.45) is 0 Å². The van der Waals surface area contributed by atoms with Crippen LogP contribution in [0.2, 0.25) is 5.32 Å². The van der Waals surface area contributed by atoms with Gasteiger partial charge in [-0.1, -0.05) is 0 Å². The van der Waals surface area contributed by atoms with E-state index < -0.39 is 0 Å². The van der Waals surface area contributed by atoms with Gasteiger partial charge in [-0.2, -0.15) is 0 Å². The van der Waals surface area contributed by atoms with E-state index >= 15 is 0 Å². The summed E-state index contributed by atoms with van der Waals surface area (Å²) in [6.07, 6.45) is 0. The Labute approximate surface area is 37.7 Å². The fourth-order valence-corrected chi connectivity index (χ4v) is 1.33. The average Bonchev–Trinajstić information content (AvgIpc) is 1.76. The molecule has 0 atom stereocenters. The molecule has 1 fully saturated rings. The van der Waals surface area contributed by atoms with E-state index in [9.17, 15) is 0 Å². The number of nitrogens with one attached hydrogen (secondary N) is 2. The third-order valence-electron chi connectivity index (χ3n) is 0.473. The topological polar surface area (TPSA) is 24.1 Å². The van der Waals surface area contributed by atoms with Crippen molar-refractivity contribution in [3.63, 3.8) is 0 Å². The minimum absolute atomic E-state index is 0.708. The molecule has 0 unspecified atom stereocenters. The Morgan fingerprint density at radius 2 is 2.60 bits per heavy atom. The molecule has 0 spiro atoms. The molecule has 2 nitrogen and oxygen atoms in total. The van der Waals surface area contributed by atoms with Gasteiger partial charge in [0, 0.05) is 0 Å². The second-order valence-corrected chi connectivity index (χ2v) is 2.77. The molecule has 5 heavy (non-hydrogen) atoms. The molecule has 2 N–H and O–H groups in total. The summed E-state index contributed by atoms with van der Waals surface area (Å²) in [5.74, 6) is 0. The van der Waals surface area contributed by atoms with Crippen LogP contribution in [0.1, 0.15) is 0 Å². The second-order valence-electron chi connectivity index (χ2n) is 0.877. The van der Waals surface area contributed by atoms with Gasteiger partial charge in [0.05, 0.1) is 0 Å².